The lowest BCUT2D eigenvalue weighted by molar-refractivity contribution is -0.126. The highest BCUT2D eigenvalue weighted by molar-refractivity contribution is 6.30. The Bertz CT molecular complexity index is 494. The van der Waals surface area contributed by atoms with Crippen molar-refractivity contribution in [1.82, 2.24) is 10.6 Å². The summed E-state index contributed by atoms with van der Waals surface area (Å²) in [6.07, 6.45) is 2.21. The van der Waals surface area contributed by atoms with Crippen LogP contribution in [0.3, 0.4) is 0 Å². The van der Waals surface area contributed by atoms with Gasteiger partial charge in [-0.25, -0.2) is 0 Å². The molecule has 1 saturated heterocycles. The number of piperidine rings is 1. The summed E-state index contributed by atoms with van der Waals surface area (Å²) in [5.41, 5.74) is 0.644. The van der Waals surface area contributed by atoms with E-state index in [1.807, 2.05) is 38.1 Å². The first-order valence-corrected chi connectivity index (χ1v) is 7.96. The maximum atomic E-state index is 12.6. The molecular formula is C17H26Cl2N2O. The van der Waals surface area contributed by atoms with Crippen LogP contribution in [0.1, 0.15) is 39.2 Å². The lowest BCUT2D eigenvalue weighted by Gasteiger charge is -2.35. The molecule has 0 radical (unpaired) electrons. The predicted molar refractivity (Wildman–Crippen MR) is 94.9 cm³/mol. The Morgan fingerprint density at radius 1 is 1.27 bits per heavy atom. The molecule has 1 aromatic rings. The predicted octanol–water partition coefficient (Wildman–Crippen LogP) is 3.55. The van der Waals surface area contributed by atoms with Crippen LogP contribution in [0.2, 0.25) is 5.02 Å². The van der Waals surface area contributed by atoms with Crippen LogP contribution in [0, 0.1) is 5.41 Å². The van der Waals surface area contributed by atoms with Crippen LogP contribution < -0.4 is 10.6 Å². The van der Waals surface area contributed by atoms with Crippen molar-refractivity contribution in [3.8, 4) is 0 Å². The minimum Gasteiger partial charge on any atom is -0.355 e. The number of hydrogen-bond acceptors (Lipinski definition) is 2. The fourth-order valence-electron chi connectivity index (χ4n) is 2.72. The number of carbonyl (C=O) groups excluding carboxylic acids is 1. The van der Waals surface area contributed by atoms with Crippen LogP contribution in [0.5, 0.6) is 0 Å². The van der Waals surface area contributed by atoms with Gasteiger partial charge in [-0.05, 0) is 62.9 Å². The van der Waals surface area contributed by atoms with Crippen molar-refractivity contribution in [2.75, 3.05) is 19.6 Å². The first-order chi connectivity index (χ1) is 9.83. The van der Waals surface area contributed by atoms with Crippen molar-refractivity contribution in [3.05, 3.63) is 34.9 Å². The van der Waals surface area contributed by atoms with Gasteiger partial charge in [-0.2, -0.15) is 0 Å². The Balaban J connectivity index is 0.00000242. The first kappa shape index (κ1) is 19.3. The number of benzene rings is 1. The van der Waals surface area contributed by atoms with Gasteiger partial charge in [0.25, 0.3) is 0 Å². The van der Waals surface area contributed by atoms with Gasteiger partial charge in [0.15, 0.2) is 0 Å². The first-order valence-electron chi connectivity index (χ1n) is 7.59. The average Bonchev–Trinajstić information content (AvgIpc) is 2.46. The highest BCUT2D eigenvalue weighted by atomic mass is 35.5. The van der Waals surface area contributed by atoms with E-state index in [0.717, 1.165) is 38.0 Å². The molecule has 1 aliphatic rings. The monoisotopic (exact) mass is 344 g/mol. The molecule has 0 spiro atoms. The summed E-state index contributed by atoms with van der Waals surface area (Å²) in [6.45, 7) is 8.97. The molecule has 5 heteroatoms. The molecule has 2 N–H and O–H groups in total. The number of halogens is 2. The van der Waals surface area contributed by atoms with E-state index in [4.69, 9.17) is 11.6 Å². The topological polar surface area (TPSA) is 41.1 Å². The summed E-state index contributed by atoms with van der Waals surface area (Å²) < 4.78 is 0. The summed E-state index contributed by atoms with van der Waals surface area (Å²) in [6, 6.07) is 7.52. The molecule has 2 rings (SSSR count). The van der Waals surface area contributed by atoms with Crippen molar-refractivity contribution in [2.45, 2.75) is 39.0 Å². The molecule has 124 valence electrons. The third kappa shape index (κ3) is 4.61. The number of nitrogens with one attached hydrogen (secondary N) is 2. The van der Waals surface area contributed by atoms with Crippen LogP contribution in [0.4, 0.5) is 0 Å². The van der Waals surface area contributed by atoms with Gasteiger partial charge in [0, 0.05) is 11.6 Å². The van der Waals surface area contributed by atoms with Gasteiger partial charge in [0.05, 0.1) is 5.41 Å². The molecule has 0 unspecified atom stereocenters. The Kier molecular flexibility index (Phi) is 6.72. The standard InChI is InChI=1S/C17H25ClN2O.ClH/c1-16(2,13-4-6-14(18)7-5-13)15(21)20-12-17(3)8-10-19-11-9-17;/h4-7,19H,8-12H2,1-3H3,(H,20,21);1H. The lowest BCUT2D eigenvalue weighted by atomic mass is 9.79. The lowest BCUT2D eigenvalue weighted by Crippen LogP contribution is -2.47. The molecular weight excluding hydrogens is 319 g/mol. The summed E-state index contributed by atoms with van der Waals surface area (Å²) in [7, 11) is 0. The largest absolute Gasteiger partial charge is 0.355 e. The van der Waals surface area contributed by atoms with E-state index in [1.54, 1.807) is 0 Å². The molecule has 1 aliphatic heterocycles. The zero-order valence-corrected chi connectivity index (χ0v) is 15.1. The molecule has 0 bridgehead atoms. The number of rotatable bonds is 4. The molecule has 0 aliphatic carbocycles. The van der Waals surface area contributed by atoms with E-state index in [1.165, 1.54) is 0 Å². The maximum absolute atomic E-state index is 12.6. The van der Waals surface area contributed by atoms with Crippen LogP contribution in [-0.4, -0.2) is 25.5 Å². The maximum Gasteiger partial charge on any atom is 0.230 e. The molecule has 0 atom stereocenters. The summed E-state index contributed by atoms with van der Waals surface area (Å²) in [5.74, 6) is 0.0737. The van der Waals surface area contributed by atoms with Gasteiger partial charge >= 0.3 is 0 Å². The van der Waals surface area contributed by atoms with Crippen LogP contribution in [-0.2, 0) is 10.2 Å². The highest BCUT2D eigenvalue weighted by Gasteiger charge is 2.32. The van der Waals surface area contributed by atoms with Gasteiger partial charge < -0.3 is 10.6 Å². The fraction of sp³-hybridized carbons (Fsp3) is 0.588. The zero-order valence-electron chi connectivity index (χ0n) is 13.5. The van der Waals surface area contributed by atoms with Crippen molar-refractivity contribution in [2.24, 2.45) is 5.41 Å². The van der Waals surface area contributed by atoms with Crippen molar-refractivity contribution in [1.29, 1.82) is 0 Å². The van der Waals surface area contributed by atoms with Gasteiger partial charge in [0.1, 0.15) is 0 Å². The van der Waals surface area contributed by atoms with E-state index >= 15 is 0 Å². The fourth-order valence-corrected chi connectivity index (χ4v) is 2.85. The Morgan fingerprint density at radius 2 is 1.82 bits per heavy atom. The number of amides is 1. The second kappa shape index (κ2) is 7.67. The van der Waals surface area contributed by atoms with Gasteiger partial charge in [0.2, 0.25) is 5.91 Å². The van der Waals surface area contributed by atoms with Crippen molar-refractivity contribution >= 4 is 29.9 Å². The van der Waals surface area contributed by atoms with E-state index in [2.05, 4.69) is 17.6 Å². The second-order valence-electron chi connectivity index (χ2n) is 6.88. The summed E-state index contributed by atoms with van der Waals surface area (Å²) >= 11 is 5.92. The number of carbonyl (C=O) groups is 1. The van der Waals surface area contributed by atoms with E-state index in [0.29, 0.717) is 5.02 Å². The van der Waals surface area contributed by atoms with E-state index in [9.17, 15) is 4.79 Å². The highest BCUT2D eigenvalue weighted by Crippen LogP contribution is 2.28. The van der Waals surface area contributed by atoms with Gasteiger partial charge in [-0.15, -0.1) is 12.4 Å². The Hall–Kier alpha value is -0.770. The third-order valence-corrected chi connectivity index (χ3v) is 4.87. The minimum absolute atomic E-state index is 0. The van der Waals surface area contributed by atoms with Crippen LogP contribution in [0.25, 0.3) is 0 Å². The molecule has 1 heterocycles. The Morgan fingerprint density at radius 3 is 2.36 bits per heavy atom. The zero-order chi connectivity index (χ0) is 15.5. The molecule has 0 saturated carbocycles. The smallest absolute Gasteiger partial charge is 0.230 e. The van der Waals surface area contributed by atoms with Crippen LogP contribution in [0.15, 0.2) is 24.3 Å². The molecule has 3 nitrogen and oxygen atoms in total. The average molecular weight is 345 g/mol. The molecule has 1 amide bonds. The van der Waals surface area contributed by atoms with Crippen molar-refractivity contribution in [3.63, 3.8) is 0 Å². The molecule has 1 aromatic carbocycles. The third-order valence-electron chi connectivity index (χ3n) is 4.62. The summed E-state index contributed by atoms with van der Waals surface area (Å²) in [4.78, 5) is 12.6. The molecule has 0 aromatic heterocycles. The second-order valence-corrected chi connectivity index (χ2v) is 7.31. The van der Waals surface area contributed by atoms with Crippen LogP contribution >= 0.6 is 24.0 Å². The van der Waals surface area contributed by atoms with Gasteiger partial charge in [-0.1, -0.05) is 30.7 Å². The molecule has 22 heavy (non-hydrogen) atoms. The minimum atomic E-state index is -0.548. The van der Waals surface area contributed by atoms with E-state index in [-0.39, 0.29) is 23.7 Å². The normalized spacial score (nSPS) is 17.5. The quantitative estimate of drug-likeness (QED) is 0.876. The van der Waals surface area contributed by atoms with E-state index < -0.39 is 5.41 Å². The van der Waals surface area contributed by atoms with Crippen molar-refractivity contribution < 1.29 is 4.79 Å². The Labute approximate surface area is 144 Å². The molecule has 1 fully saturated rings. The van der Waals surface area contributed by atoms with Gasteiger partial charge in [-0.3, -0.25) is 4.79 Å². The SMILES string of the molecule is CC1(CNC(=O)C(C)(C)c2ccc(Cl)cc2)CCNCC1.Cl. The summed E-state index contributed by atoms with van der Waals surface area (Å²) in [5, 5.41) is 7.20. The number of hydrogen-bond donors (Lipinski definition) is 2.